The van der Waals surface area contributed by atoms with Gasteiger partial charge in [0.05, 0.1) is 28.9 Å². The third kappa shape index (κ3) is 3.19. The fourth-order valence-electron chi connectivity index (χ4n) is 3.59. The van der Waals surface area contributed by atoms with Crippen LogP contribution in [0.1, 0.15) is 27.1 Å². The van der Waals surface area contributed by atoms with E-state index in [0.717, 1.165) is 0 Å². The minimum absolute atomic E-state index is 0.0324. The number of carbonyl (C=O) groups excluding carboxylic acids is 4. The van der Waals surface area contributed by atoms with Crippen LogP contribution >= 0.6 is 0 Å². The number of imide groups is 1. The van der Waals surface area contributed by atoms with Crippen LogP contribution in [0.5, 0.6) is 0 Å². The quantitative estimate of drug-likeness (QED) is 0.761. The second-order valence-corrected chi connectivity index (χ2v) is 6.83. The Kier molecular flexibility index (Phi) is 4.56. The van der Waals surface area contributed by atoms with Gasteiger partial charge in [-0.05, 0) is 24.3 Å². The first-order valence-corrected chi connectivity index (χ1v) is 8.91. The number of fused-ring (bicyclic) bond motifs is 2. The van der Waals surface area contributed by atoms with Crippen LogP contribution in [0.3, 0.4) is 0 Å². The van der Waals surface area contributed by atoms with Crippen LogP contribution in [0.25, 0.3) is 0 Å². The molecule has 1 atom stereocenters. The number of hydrogen-bond donors (Lipinski definition) is 1. The van der Waals surface area contributed by atoms with Crippen molar-refractivity contribution >= 4 is 35.0 Å². The molecule has 0 bridgehead atoms. The molecule has 0 saturated carbocycles. The van der Waals surface area contributed by atoms with Gasteiger partial charge in [0.2, 0.25) is 11.8 Å². The summed E-state index contributed by atoms with van der Waals surface area (Å²) in [5.41, 5.74) is 0.0313. The summed E-state index contributed by atoms with van der Waals surface area (Å²) in [4.78, 5) is 51.1. The SMILES string of the molecule is O=C1C[C@@H](C(F)(F)F)N(C(=O)CN2C(=O)c3ccccc3C2=O)c2ccccc2N1. The highest BCUT2D eigenvalue weighted by atomic mass is 19.4. The molecule has 10 heteroatoms. The normalized spacial score (nSPS) is 18.6. The standard InChI is InChI=1S/C20H14F3N3O4/c21-20(22,23)15-9-16(27)24-13-7-3-4-8-14(13)26(15)17(28)10-25-18(29)11-5-1-2-6-12(11)19(25)30/h1-8,15H,9-10H2,(H,24,27)/t15-/m0/s1. The van der Waals surface area contributed by atoms with E-state index in [9.17, 15) is 32.3 Å². The van der Waals surface area contributed by atoms with Crippen molar-refractivity contribution in [3.05, 3.63) is 59.7 Å². The van der Waals surface area contributed by atoms with Crippen molar-refractivity contribution in [2.45, 2.75) is 18.6 Å². The van der Waals surface area contributed by atoms with Gasteiger partial charge >= 0.3 is 6.18 Å². The molecule has 7 nitrogen and oxygen atoms in total. The highest BCUT2D eigenvalue weighted by Gasteiger charge is 2.50. The fraction of sp³-hybridized carbons (Fsp3) is 0.200. The van der Waals surface area contributed by atoms with E-state index in [2.05, 4.69) is 5.32 Å². The van der Waals surface area contributed by atoms with Gasteiger partial charge in [-0.25, -0.2) is 0 Å². The second kappa shape index (κ2) is 6.97. The van der Waals surface area contributed by atoms with Gasteiger partial charge < -0.3 is 5.32 Å². The largest absolute Gasteiger partial charge is 0.409 e. The van der Waals surface area contributed by atoms with E-state index in [4.69, 9.17) is 0 Å². The van der Waals surface area contributed by atoms with Crippen molar-refractivity contribution in [1.82, 2.24) is 4.90 Å². The number of halogens is 3. The highest BCUT2D eigenvalue weighted by molar-refractivity contribution is 6.23. The Balaban J connectivity index is 1.72. The summed E-state index contributed by atoms with van der Waals surface area (Å²) in [5.74, 6) is -3.55. The van der Waals surface area contributed by atoms with Gasteiger partial charge in [0, 0.05) is 0 Å². The van der Waals surface area contributed by atoms with Crippen LogP contribution in [0.4, 0.5) is 24.5 Å². The van der Waals surface area contributed by atoms with Crippen LogP contribution in [-0.2, 0) is 9.59 Å². The molecular formula is C20H14F3N3O4. The van der Waals surface area contributed by atoms with Gasteiger partial charge in [0.15, 0.2) is 0 Å². The number of para-hydroxylation sites is 2. The lowest BCUT2D eigenvalue weighted by atomic mass is 10.1. The number of nitrogens with zero attached hydrogens (tertiary/aromatic N) is 2. The Labute approximate surface area is 168 Å². The third-order valence-electron chi connectivity index (χ3n) is 4.95. The molecular weight excluding hydrogens is 403 g/mol. The Morgan fingerprint density at radius 2 is 1.53 bits per heavy atom. The number of hydrogen-bond acceptors (Lipinski definition) is 4. The fourth-order valence-corrected chi connectivity index (χ4v) is 3.59. The lowest BCUT2D eigenvalue weighted by Crippen LogP contribution is -2.53. The molecule has 0 saturated heterocycles. The summed E-state index contributed by atoms with van der Waals surface area (Å²) < 4.78 is 41.3. The smallest absolute Gasteiger partial charge is 0.324 e. The maximum atomic E-state index is 13.8. The van der Waals surface area contributed by atoms with Gasteiger partial charge in [-0.2, -0.15) is 13.2 Å². The van der Waals surface area contributed by atoms with E-state index in [1.807, 2.05) is 0 Å². The Morgan fingerprint density at radius 3 is 2.13 bits per heavy atom. The molecule has 154 valence electrons. The van der Waals surface area contributed by atoms with E-state index in [1.54, 1.807) is 0 Å². The molecule has 2 aliphatic rings. The molecule has 0 fully saturated rings. The van der Waals surface area contributed by atoms with Crippen LogP contribution in [0.15, 0.2) is 48.5 Å². The van der Waals surface area contributed by atoms with Crippen LogP contribution < -0.4 is 10.2 Å². The summed E-state index contributed by atoms with van der Waals surface area (Å²) in [6.45, 7) is -0.887. The average molecular weight is 417 g/mol. The number of alkyl halides is 3. The molecule has 0 aliphatic carbocycles. The number of nitrogens with one attached hydrogen (secondary N) is 1. The molecule has 0 aromatic heterocycles. The van der Waals surface area contributed by atoms with Crippen LogP contribution in [0.2, 0.25) is 0 Å². The molecule has 0 spiro atoms. The molecule has 2 aromatic rings. The first-order chi connectivity index (χ1) is 14.2. The minimum Gasteiger partial charge on any atom is -0.324 e. The molecule has 2 heterocycles. The maximum Gasteiger partial charge on any atom is 0.409 e. The van der Waals surface area contributed by atoms with Crippen molar-refractivity contribution in [1.29, 1.82) is 0 Å². The summed E-state index contributed by atoms with van der Waals surface area (Å²) >= 11 is 0. The first kappa shape index (κ1) is 19.6. The van der Waals surface area contributed by atoms with Gasteiger partial charge in [0.25, 0.3) is 11.8 Å². The Hall–Kier alpha value is -3.69. The van der Waals surface area contributed by atoms with E-state index < -0.39 is 48.8 Å². The summed E-state index contributed by atoms with van der Waals surface area (Å²) in [5, 5.41) is 2.35. The molecule has 4 rings (SSSR count). The Bertz CT molecular complexity index is 1050. The first-order valence-electron chi connectivity index (χ1n) is 8.91. The lowest BCUT2D eigenvalue weighted by Gasteiger charge is -2.32. The molecule has 0 radical (unpaired) electrons. The molecule has 2 aromatic carbocycles. The maximum absolute atomic E-state index is 13.8. The van der Waals surface area contributed by atoms with Gasteiger partial charge in [0.1, 0.15) is 12.6 Å². The molecule has 2 aliphatic heterocycles. The van der Waals surface area contributed by atoms with E-state index >= 15 is 0 Å². The van der Waals surface area contributed by atoms with Gasteiger partial charge in [-0.3, -0.25) is 29.0 Å². The molecule has 0 unspecified atom stereocenters. The zero-order valence-corrected chi connectivity index (χ0v) is 15.3. The predicted molar refractivity (Wildman–Crippen MR) is 98.8 cm³/mol. The number of amides is 4. The summed E-state index contributed by atoms with van der Waals surface area (Å²) in [6, 6.07) is 9.00. The van der Waals surface area contributed by atoms with Crippen molar-refractivity contribution in [2.75, 3.05) is 16.8 Å². The Morgan fingerprint density at radius 1 is 0.967 bits per heavy atom. The van der Waals surface area contributed by atoms with Crippen LogP contribution in [-0.4, -0.2) is 47.3 Å². The van der Waals surface area contributed by atoms with Crippen molar-refractivity contribution < 1.29 is 32.3 Å². The topological polar surface area (TPSA) is 86.8 Å². The van der Waals surface area contributed by atoms with E-state index in [1.165, 1.54) is 48.5 Å². The number of anilines is 2. The van der Waals surface area contributed by atoms with Crippen molar-refractivity contribution in [2.24, 2.45) is 0 Å². The number of benzene rings is 2. The minimum atomic E-state index is -4.91. The van der Waals surface area contributed by atoms with E-state index in [0.29, 0.717) is 9.80 Å². The number of carbonyl (C=O) groups is 4. The third-order valence-corrected chi connectivity index (χ3v) is 4.95. The van der Waals surface area contributed by atoms with Crippen molar-refractivity contribution in [3.63, 3.8) is 0 Å². The van der Waals surface area contributed by atoms with Gasteiger partial charge in [-0.1, -0.05) is 24.3 Å². The summed E-state index contributed by atoms with van der Waals surface area (Å²) in [7, 11) is 0. The van der Waals surface area contributed by atoms with Gasteiger partial charge in [-0.15, -0.1) is 0 Å². The summed E-state index contributed by atoms with van der Waals surface area (Å²) in [6.07, 6.45) is -5.92. The van der Waals surface area contributed by atoms with Crippen LogP contribution in [0, 0.1) is 0 Å². The molecule has 4 amide bonds. The monoisotopic (exact) mass is 417 g/mol. The van der Waals surface area contributed by atoms with Crippen molar-refractivity contribution in [3.8, 4) is 0 Å². The lowest BCUT2D eigenvalue weighted by molar-refractivity contribution is -0.157. The average Bonchev–Trinajstić information content (AvgIpc) is 2.84. The second-order valence-electron chi connectivity index (χ2n) is 6.83. The van der Waals surface area contributed by atoms with E-state index in [-0.39, 0.29) is 22.5 Å². The zero-order chi connectivity index (χ0) is 21.6. The molecule has 1 N–H and O–H groups in total. The highest BCUT2D eigenvalue weighted by Crippen LogP contribution is 2.38. The number of rotatable bonds is 2. The molecule has 30 heavy (non-hydrogen) atoms. The predicted octanol–water partition coefficient (Wildman–Crippen LogP) is 2.59. The zero-order valence-electron chi connectivity index (χ0n) is 15.3.